The molecule has 1 N–H and O–H groups in total. The van der Waals surface area contributed by atoms with Gasteiger partial charge in [0.2, 0.25) is 5.88 Å². The summed E-state index contributed by atoms with van der Waals surface area (Å²) in [5.74, 6) is 1.07. The zero-order chi connectivity index (χ0) is 13.9. The van der Waals surface area contributed by atoms with Crippen molar-refractivity contribution in [3.05, 3.63) is 65.3 Å². The fourth-order valence-electron chi connectivity index (χ4n) is 2.06. The van der Waals surface area contributed by atoms with E-state index in [2.05, 4.69) is 4.98 Å². The Morgan fingerprint density at radius 2 is 1.80 bits per heavy atom. The first-order chi connectivity index (χ1) is 9.79. The third kappa shape index (κ3) is 2.33. The predicted molar refractivity (Wildman–Crippen MR) is 79.2 cm³/mol. The Bertz CT molecular complexity index is 758. The molecule has 1 aromatic heterocycles. The summed E-state index contributed by atoms with van der Waals surface area (Å²) >= 11 is 6.18. The van der Waals surface area contributed by atoms with Gasteiger partial charge in [-0.3, -0.25) is 0 Å². The van der Waals surface area contributed by atoms with Crippen LogP contribution in [-0.4, -0.2) is 10.1 Å². The van der Waals surface area contributed by atoms with Gasteiger partial charge in [0.15, 0.2) is 0 Å². The van der Waals surface area contributed by atoms with E-state index in [1.165, 1.54) is 0 Å². The number of halogens is 1. The highest BCUT2D eigenvalue weighted by Gasteiger charge is 2.09. The van der Waals surface area contributed by atoms with E-state index in [0.717, 1.165) is 10.8 Å². The Morgan fingerprint density at radius 3 is 2.60 bits per heavy atom. The van der Waals surface area contributed by atoms with Crippen LogP contribution in [0.4, 0.5) is 0 Å². The summed E-state index contributed by atoms with van der Waals surface area (Å²) in [6.45, 7) is -0.116. The lowest BCUT2D eigenvalue weighted by Crippen LogP contribution is -1.94. The lowest BCUT2D eigenvalue weighted by atomic mass is 10.1. The molecule has 0 aliphatic heterocycles. The Kier molecular flexibility index (Phi) is 3.54. The second-order valence-corrected chi connectivity index (χ2v) is 4.73. The van der Waals surface area contributed by atoms with Crippen LogP contribution in [0.15, 0.2) is 54.7 Å². The molecule has 0 unspecified atom stereocenters. The van der Waals surface area contributed by atoms with Crippen LogP contribution in [0.3, 0.4) is 0 Å². The van der Waals surface area contributed by atoms with Gasteiger partial charge in [0, 0.05) is 27.6 Å². The number of fused-ring (bicyclic) bond motifs is 1. The number of ether oxygens (including phenoxy) is 1. The summed E-state index contributed by atoms with van der Waals surface area (Å²) in [5, 5.41) is 11.8. The fourth-order valence-corrected chi connectivity index (χ4v) is 2.29. The van der Waals surface area contributed by atoms with Crippen LogP contribution in [0.25, 0.3) is 10.8 Å². The van der Waals surface area contributed by atoms with Gasteiger partial charge in [0.1, 0.15) is 5.75 Å². The van der Waals surface area contributed by atoms with Crippen LogP contribution in [0.2, 0.25) is 5.02 Å². The number of hydrogen-bond donors (Lipinski definition) is 1. The molecule has 20 heavy (non-hydrogen) atoms. The molecule has 100 valence electrons. The van der Waals surface area contributed by atoms with Crippen molar-refractivity contribution in [1.29, 1.82) is 0 Å². The van der Waals surface area contributed by atoms with Crippen molar-refractivity contribution >= 4 is 22.4 Å². The molecule has 0 radical (unpaired) electrons. The quantitative estimate of drug-likeness (QED) is 0.785. The summed E-state index contributed by atoms with van der Waals surface area (Å²) in [6, 6.07) is 14.9. The first-order valence-electron chi connectivity index (χ1n) is 6.19. The number of hydrogen-bond acceptors (Lipinski definition) is 3. The Labute approximate surface area is 121 Å². The topological polar surface area (TPSA) is 42.4 Å². The molecule has 3 nitrogen and oxygen atoms in total. The molecule has 4 heteroatoms. The van der Waals surface area contributed by atoms with Gasteiger partial charge in [-0.05, 0) is 24.3 Å². The molecule has 1 heterocycles. The molecule has 3 aromatic rings. The largest absolute Gasteiger partial charge is 0.438 e. The third-order valence-corrected chi connectivity index (χ3v) is 3.39. The van der Waals surface area contributed by atoms with E-state index in [4.69, 9.17) is 16.3 Å². The number of rotatable bonds is 3. The number of aromatic nitrogens is 1. The van der Waals surface area contributed by atoms with E-state index in [-0.39, 0.29) is 6.61 Å². The van der Waals surface area contributed by atoms with E-state index in [9.17, 15) is 5.11 Å². The molecule has 0 aliphatic carbocycles. The maximum absolute atomic E-state index is 9.31. The summed E-state index contributed by atoms with van der Waals surface area (Å²) < 4.78 is 5.84. The van der Waals surface area contributed by atoms with Crippen LogP contribution in [-0.2, 0) is 6.61 Å². The van der Waals surface area contributed by atoms with Crippen LogP contribution in [0.5, 0.6) is 11.6 Å². The molecule has 0 atom stereocenters. The van der Waals surface area contributed by atoms with Gasteiger partial charge in [0.05, 0.1) is 6.61 Å². The minimum absolute atomic E-state index is 0.116. The average Bonchev–Trinajstić information content (AvgIpc) is 2.51. The monoisotopic (exact) mass is 285 g/mol. The van der Waals surface area contributed by atoms with Crippen LogP contribution >= 0.6 is 11.6 Å². The molecular weight excluding hydrogens is 274 g/mol. The van der Waals surface area contributed by atoms with E-state index < -0.39 is 0 Å². The van der Waals surface area contributed by atoms with Gasteiger partial charge >= 0.3 is 0 Å². The van der Waals surface area contributed by atoms with Crippen LogP contribution in [0.1, 0.15) is 5.56 Å². The molecule has 0 saturated heterocycles. The average molecular weight is 286 g/mol. The SMILES string of the molecule is OCc1cccnc1Oc1ccc(Cl)c2ccccc12. The van der Waals surface area contributed by atoms with Gasteiger partial charge in [-0.1, -0.05) is 35.9 Å². The van der Waals surface area contributed by atoms with Gasteiger partial charge in [-0.2, -0.15) is 0 Å². The van der Waals surface area contributed by atoms with Crippen molar-refractivity contribution in [3.63, 3.8) is 0 Å². The number of pyridine rings is 1. The van der Waals surface area contributed by atoms with Crippen LogP contribution in [0, 0.1) is 0 Å². The maximum Gasteiger partial charge on any atom is 0.224 e. The summed E-state index contributed by atoms with van der Waals surface area (Å²) in [6.07, 6.45) is 1.63. The van der Waals surface area contributed by atoms with E-state index in [1.54, 1.807) is 30.5 Å². The second-order valence-electron chi connectivity index (χ2n) is 4.32. The molecule has 0 amide bonds. The fraction of sp³-hybridized carbons (Fsp3) is 0.0625. The summed E-state index contributed by atoms with van der Waals surface area (Å²) in [4.78, 5) is 4.16. The minimum atomic E-state index is -0.116. The Morgan fingerprint density at radius 1 is 1.00 bits per heavy atom. The molecule has 0 fully saturated rings. The first kappa shape index (κ1) is 12.9. The highest BCUT2D eigenvalue weighted by Crippen LogP contribution is 2.34. The Balaban J connectivity index is 2.09. The predicted octanol–water partition coefficient (Wildman–Crippen LogP) is 4.17. The number of aliphatic hydroxyl groups excluding tert-OH is 1. The minimum Gasteiger partial charge on any atom is -0.438 e. The molecule has 0 aliphatic rings. The lowest BCUT2D eigenvalue weighted by Gasteiger charge is -2.11. The third-order valence-electron chi connectivity index (χ3n) is 3.06. The molecule has 0 bridgehead atoms. The van der Waals surface area contributed by atoms with Crippen molar-refractivity contribution in [2.75, 3.05) is 0 Å². The molecule has 3 rings (SSSR count). The first-order valence-corrected chi connectivity index (χ1v) is 6.57. The standard InChI is InChI=1S/C16H12ClNO2/c17-14-7-8-15(13-6-2-1-5-12(13)14)20-16-11(10-19)4-3-9-18-16/h1-9,19H,10H2. The van der Waals surface area contributed by atoms with Gasteiger partial charge < -0.3 is 9.84 Å². The maximum atomic E-state index is 9.31. The van der Waals surface area contributed by atoms with Crippen molar-refractivity contribution < 1.29 is 9.84 Å². The van der Waals surface area contributed by atoms with Gasteiger partial charge in [0.25, 0.3) is 0 Å². The highest BCUT2D eigenvalue weighted by molar-refractivity contribution is 6.35. The highest BCUT2D eigenvalue weighted by atomic mass is 35.5. The Hall–Kier alpha value is -2.10. The zero-order valence-corrected chi connectivity index (χ0v) is 11.3. The molecular formula is C16H12ClNO2. The molecule has 0 saturated carbocycles. The molecule has 2 aromatic carbocycles. The zero-order valence-electron chi connectivity index (χ0n) is 10.6. The van der Waals surface area contributed by atoms with Crippen molar-refractivity contribution in [3.8, 4) is 11.6 Å². The summed E-state index contributed by atoms with van der Waals surface area (Å²) in [7, 11) is 0. The second kappa shape index (κ2) is 5.49. The van der Waals surface area contributed by atoms with Gasteiger partial charge in [-0.25, -0.2) is 4.98 Å². The van der Waals surface area contributed by atoms with E-state index in [0.29, 0.717) is 22.2 Å². The lowest BCUT2D eigenvalue weighted by molar-refractivity contribution is 0.275. The van der Waals surface area contributed by atoms with E-state index in [1.807, 2.05) is 24.3 Å². The van der Waals surface area contributed by atoms with E-state index >= 15 is 0 Å². The van der Waals surface area contributed by atoms with Gasteiger partial charge in [-0.15, -0.1) is 0 Å². The van der Waals surface area contributed by atoms with Crippen LogP contribution < -0.4 is 4.74 Å². The van der Waals surface area contributed by atoms with Crippen molar-refractivity contribution in [2.45, 2.75) is 6.61 Å². The number of aliphatic hydroxyl groups is 1. The van der Waals surface area contributed by atoms with Crippen molar-refractivity contribution in [2.24, 2.45) is 0 Å². The number of benzene rings is 2. The summed E-state index contributed by atoms with van der Waals surface area (Å²) in [5.41, 5.74) is 0.645. The molecule has 0 spiro atoms. The normalized spacial score (nSPS) is 10.7. The number of nitrogens with zero attached hydrogens (tertiary/aromatic N) is 1. The smallest absolute Gasteiger partial charge is 0.224 e. The van der Waals surface area contributed by atoms with Crippen molar-refractivity contribution in [1.82, 2.24) is 4.98 Å².